The summed E-state index contributed by atoms with van der Waals surface area (Å²) in [5.41, 5.74) is 3.64. The smallest absolute Gasteiger partial charge is 0.300 e. The van der Waals surface area contributed by atoms with Crippen molar-refractivity contribution < 1.29 is 24.2 Å². The van der Waals surface area contributed by atoms with E-state index in [1.807, 2.05) is 58.0 Å². The first-order valence-electron chi connectivity index (χ1n) is 12.1. The highest BCUT2D eigenvalue weighted by Crippen LogP contribution is 2.43. The SMILES string of the molecule is CCOc1ccc(/C(O)=C2/C(=O)C(=O)N(c3cccc(OC)c3)C2c2cccc(C)c2)cc1C(C)C. The van der Waals surface area contributed by atoms with Gasteiger partial charge in [0, 0.05) is 17.3 Å². The minimum absolute atomic E-state index is 0.0484. The van der Waals surface area contributed by atoms with Crippen molar-refractivity contribution in [2.45, 2.75) is 39.7 Å². The molecule has 186 valence electrons. The highest BCUT2D eigenvalue weighted by Gasteiger charge is 2.47. The lowest BCUT2D eigenvalue weighted by Crippen LogP contribution is -2.29. The Morgan fingerprint density at radius 2 is 1.78 bits per heavy atom. The van der Waals surface area contributed by atoms with Crippen molar-refractivity contribution >= 4 is 23.1 Å². The van der Waals surface area contributed by atoms with Crippen LogP contribution in [0.5, 0.6) is 11.5 Å². The Morgan fingerprint density at radius 1 is 1.03 bits per heavy atom. The fraction of sp³-hybridized carbons (Fsp3) is 0.267. The standard InChI is InChI=1S/C30H31NO5/c1-6-36-25-14-13-21(16-24(25)18(2)3)28(32)26-27(20-10-7-9-19(4)15-20)31(30(34)29(26)33)22-11-8-12-23(17-22)35-5/h7-18,27,32H,6H2,1-5H3/b28-26-. The molecule has 4 rings (SSSR count). The van der Waals surface area contributed by atoms with Crippen molar-refractivity contribution in [1.82, 2.24) is 0 Å². The molecule has 1 amide bonds. The molecule has 0 saturated carbocycles. The van der Waals surface area contributed by atoms with Gasteiger partial charge in [0.15, 0.2) is 0 Å². The first-order chi connectivity index (χ1) is 17.3. The Labute approximate surface area is 211 Å². The third-order valence-corrected chi connectivity index (χ3v) is 6.34. The number of amides is 1. The fourth-order valence-corrected chi connectivity index (χ4v) is 4.60. The normalized spacial score (nSPS) is 17.1. The lowest BCUT2D eigenvalue weighted by atomic mass is 9.92. The van der Waals surface area contributed by atoms with E-state index in [1.165, 1.54) is 4.90 Å². The van der Waals surface area contributed by atoms with Gasteiger partial charge in [0.25, 0.3) is 11.7 Å². The van der Waals surface area contributed by atoms with Gasteiger partial charge in [0.05, 0.1) is 25.3 Å². The minimum Gasteiger partial charge on any atom is -0.507 e. The highest BCUT2D eigenvalue weighted by molar-refractivity contribution is 6.51. The second kappa shape index (κ2) is 10.3. The van der Waals surface area contributed by atoms with E-state index in [-0.39, 0.29) is 17.3 Å². The maximum Gasteiger partial charge on any atom is 0.300 e. The molecule has 1 aliphatic rings. The zero-order chi connectivity index (χ0) is 26.0. The molecule has 1 atom stereocenters. The molecule has 1 fully saturated rings. The van der Waals surface area contributed by atoms with Gasteiger partial charge < -0.3 is 14.6 Å². The topological polar surface area (TPSA) is 76.1 Å². The summed E-state index contributed by atoms with van der Waals surface area (Å²) in [7, 11) is 1.55. The van der Waals surface area contributed by atoms with Gasteiger partial charge >= 0.3 is 0 Å². The second-order valence-electron chi connectivity index (χ2n) is 9.13. The number of ketones is 1. The molecule has 6 heteroatoms. The van der Waals surface area contributed by atoms with Crippen LogP contribution < -0.4 is 14.4 Å². The first kappa shape index (κ1) is 25.0. The zero-order valence-electron chi connectivity index (χ0n) is 21.2. The van der Waals surface area contributed by atoms with Gasteiger partial charge in [-0.25, -0.2) is 0 Å². The number of aliphatic hydroxyl groups excluding tert-OH is 1. The molecule has 1 N–H and O–H groups in total. The van der Waals surface area contributed by atoms with Gasteiger partial charge in [-0.15, -0.1) is 0 Å². The number of Topliss-reactive ketones (excluding diaryl/α,β-unsaturated/α-hetero) is 1. The van der Waals surface area contributed by atoms with Crippen molar-refractivity contribution in [3.63, 3.8) is 0 Å². The van der Waals surface area contributed by atoms with Gasteiger partial charge in [0.2, 0.25) is 0 Å². The number of hydrogen-bond donors (Lipinski definition) is 1. The Kier molecular flexibility index (Phi) is 7.15. The van der Waals surface area contributed by atoms with E-state index >= 15 is 0 Å². The van der Waals surface area contributed by atoms with Crippen molar-refractivity contribution in [3.05, 3.63) is 94.6 Å². The van der Waals surface area contributed by atoms with Crippen LogP contribution in [0.2, 0.25) is 0 Å². The van der Waals surface area contributed by atoms with Crippen molar-refractivity contribution in [1.29, 1.82) is 0 Å². The maximum atomic E-state index is 13.5. The number of aryl methyl sites for hydroxylation is 1. The Balaban J connectivity index is 1.94. The number of rotatable bonds is 7. The molecule has 3 aromatic carbocycles. The lowest BCUT2D eigenvalue weighted by molar-refractivity contribution is -0.132. The van der Waals surface area contributed by atoms with E-state index < -0.39 is 17.7 Å². The van der Waals surface area contributed by atoms with E-state index in [4.69, 9.17) is 9.47 Å². The predicted octanol–water partition coefficient (Wildman–Crippen LogP) is 6.15. The van der Waals surface area contributed by atoms with Crippen LogP contribution in [0.3, 0.4) is 0 Å². The maximum absolute atomic E-state index is 13.5. The van der Waals surface area contributed by atoms with E-state index in [0.29, 0.717) is 23.6 Å². The summed E-state index contributed by atoms with van der Waals surface area (Å²) in [6, 6.07) is 19.2. The lowest BCUT2D eigenvalue weighted by Gasteiger charge is -2.26. The van der Waals surface area contributed by atoms with Crippen LogP contribution in [0.1, 0.15) is 55.0 Å². The van der Waals surface area contributed by atoms with E-state index in [1.54, 1.807) is 43.5 Å². The summed E-state index contributed by atoms with van der Waals surface area (Å²) in [5.74, 6) is -0.226. The molecule has 1 unspecified atom stereocenters. The summed E-state index contributed by atoms with van der Waals surface area (Å²) in [6.45, 7) is 8.46. The average molecular weight is 486 g/mol. The first-order valence-corrected chi connectivity index (χ1v) is 12.1. The number of hydrogen-bond acceptors (Lipinski definition) is 5. The van der Waals surface area contributed by atoms with Crippen LogP contribution >= 0.6 is 0 Å². The van der Waals surface area contributed by atoms with E-state index in [0.717, 1.165) is 22.4 Å². The summed E-state index contributed by atoms with van der Waals surface area (Å²) in [6.07, 6.45) is 0. The van der Waals surface area contributed by atoms with Crippen molar-refractivity contribution in [2.75, 3.05) is 18.6 Å². The zero-order valence-corrected chi connectivity index (χ0v) is 21.2. The molecule has 3 aromatic rings. The third-order valence-electron chi connectivity index (χ3n) is 6.34. The molecule has 0 bridgehead atoms. The average Bonchev–Trinajstić information content (AvgIpc) is 3.14. The molecular formula is C30H31NO5. The Hall–Kier alpha value is -4.06. The van der Waals surface area contributed by atoms with Gasteiger partial charge in [-0.3, -0.25) is 14.5 Å². The third kappa shape index (κ3) is 4.59. The van der Waals surface area contributed by atoms with Crippen LogP contribution in [-0.2, 0) is 9.59 Å². The van der Waals surface area contributed by atoms with E-state index in [9.17, 15) is 14.7 Å². The number of carbonyl (C=O) groups is 2. The molecule has 0 aliphatic carbocycles. The van der Waals surface area contributed by atoms with Gasteiger partial charge in [-0.2, -0.15) is 0 Å². The van der Waals surface area contributed by atoms with Crippen LogP contribution in [-0.4, -0.2) is 30.5 Å². The number of methoxy groups -OCH3 is 1. The predicted molar refractivity (Wildman–Crippen MR) is 141 cm³/mol. The van der Waals surface area contributed by atoms with E-state index in [2.05, 4.69) is 0 Å². The molecular weight excluding hydrogens is 454 g/mol. The Bertz CT molecular complexity index is 1340. The summed E-state index contributed by atoms with van der Waals surface area (Å²) < 4.78 is 11.1. The summed E-state index contributed by atoms with van der Waals surface area (Å²) in [4.78, 5) is 28.3. The molecule has 6 nitrogen and oxygen atoms in total. The summed E-state index contributed by atoms with van der Waals surface area (Å²) >= 11 is 0. The molecule has 1 saturated heterocycles. The van der Waals surface area contributed by atoms with Crippen LogP contribution in [0.15, 0.2) is 72.3 Å². The molecule has 1 aliphatic heterocycles. The van der Waals surface area contributed by atoms with Gasteiger partial charge in [0.1, 0.15) is 17.3 Å². The molecule has 36 heavy (non-hydrogen) atoms. The number of aliphatic hydroxyl groups is 1. The van der Waals surface area contributed by atoms with Crippen LogP contribution in [0.25, 0.3) is 5.76 Å². The van der Waals surface area contributed by atoms with Crippen LogP contribution in [0, 0.1) is 6.92 Å². The van der Waals surface area contributed by atoms with Crippen molar-refractivity contribution in [2.24, 2.45) is 0 Å². The number of benzene rings is 3. The monoisotopic (exact) mass is 485 g/mol. The second-order valence-corrected chi connectivity index (χ2v) is 9.13. The van der Waals surface area contributed by atoms with Crippen LogP contribution in [0.4, 0.5) is 5.69 Å². The molecule has 0 aromatic heterocycles. The number of carbonyl (C=O) groups excluding carboxylic acids is 2. The molecule has 1 heterocycles. The Morgan fingerprint density at radius 3 is 2.44 bits per heavy atom. The quantitative estimate of drug-likeness (QED) is 0.247. The van der Waals surface area contributed by atoms with Gasteiger partial charge in [-0.05, 0) is 61.2 Å². The number of nitrogens with zero attached hydrogens (tertiary/aromatic N) is 1. The fourth-order valence-electron chi connectivity index (χ4n) is 4.60. The number of ether oxygens (including phenoxy) is 2. The van der Waals surface area contributed by atoms with Gasteiger partial charge in [-0.1, -0.05) is 49.7 Å². The van der Waals surface area contributed by atoms with Crippen molar-refractivity contribution in [3.8, 4) is 11.5 Å². The summed E-state index contributed by atoms with van der Waals surface area (Å²) in [5, 5.41) is 11.5. The highest BCUT2D eigenvalue weighted by atomic mass is 16.5. The number of anilines is 1. The minimum atomic E-state index is -0.800. The largest absolute Gasteiger partial charge is 0.507 e. The molecule has 0 radical (unpaired) electrons. The molecule has 0 spiro atoms.